The third-order valence-corrected chi connectivity index (χ3v) is 8.81. The van der Waals surface area contributed by atoms with Crippen molar-refractivity contribution in [2.75, 3.05) is 45.9 Å². The topological polar surface area (TPSA) is 36.5 Å². The summed E-state index contributed by atoms with van der Waals surface area (Å²) < 4.78 is 5.74. The van der Waals surface area contributed by atoms with Gasteiger partial charge in [0.2, 0.25) is 0 Å². The van der Waals surface area contributed by atoms with Gasteiger partial charge >= 0.3 is 0 Å². The van der Waals surface area contributed by atoms with Gasteiger partial charge < -0.3 is 20.3 Å². The first kappa shape index (κ1) is 18.8. The van der Waals surface area contributed by atoms with Crippen molar-refractivity contribution < 1.29 is 4.74 Å². The molecule has 0 spiro atoms. The predicted molar refractivity (Wildman–Crippen MR) is 110 cm³/mol. The summed E-state index contributed by atoms with van der Waals surface area (Å²) >= 11 is 0. The van der Waals surface area contributed by atoms with Crippen molar-refractivity contribution >= 4 is 0 Å². The van der Waals surface area contributed by atoms with E-state index in [4.69, 9.17) is 4.74 Å². The van der Waals surface area contributed by atoms with Gasteiger partial charge in [0.05, 0.1) is 6.17 Å². The minimum absolute atomic E-state index is 0.580. The van der Waals surface area contributed by atoms with Crippen LogP contribution in [0.25, 0.3) is 0 Å². The molecule has 0 aromatic carbocycles. The summed E-state index contributed by atoms with van der Waals surface area (Å²) in [6, 6.07) is 0. The molecule has 4 saturated heterocycles. The van der Waals surface area contributed by atoms with Crippen LogP contribution in [0.15, 0.2) is 0 Å². The first-order valence-electron chi connectivity index (χ1n) is 12.2. The fourth-order valence-electron chi connectivity index (χ4n) is 7.35. The van der Waals surface area contributed by atoms with Crippen molar-refractivity contribution in [3.05, 3.63) is 0 Å². The maximum absolute atomic E-state index is 5.74. The molecule has 0 aromatic heterocycles. The Kier molecular flexibility index (Phi) is 6.06. The summed E-state index contributed by atoms with van der Waals surface area (Å²) in [6.45, 7) is 8.60. The van der Waals surface area contributed by atoms with Crippen LogP contribution in [-0.2, 0) is 4.74 Å². The molecule has 1 aliphatic carbocycles. The standard InChI is InChI=1S/C23H41N3O/c1-4-9-26(10-5-1)15-17-6-2-3-7-20(17)19-12-21-22(18-8-11-27-16-18)14-25-23(21)24-13-19/h17-25H,1-16H2. The van der Waals surface area contributed by atoms with Crippen LogP contribution in [0.5, 0.6) is 0 Å². The molecule has 154 valence electrons. The van der Waals surface area contributed by atoms with E-state index >= 15 is 0 Å². The Morgan fingerprint density at radius 3 is 2.48 bits per heavy atom. The largest absolute Gasteiger partial charge is 0.381 e. The number of piperidine rings is 2. The van der Waals surface area contributed by atoms with E-state index in [-0.39, 0.29) is 0 Å². The van der Waals surface area contributed by atoms with Gasteiger partial charge in [0, 0.05) is 26.3 Å². The summed E-state index contributed by atoms with van der Waals surface area (Å²) in [5.74, 6) is 5.33. The maximum Gasteiger partial charge on any atom is 0.0604 e. The molecule has 0 radical (unpaired) electrons. The van der Waals surface area contributed by atoms with Crippen LogP contribution in [0.3, 0.4) is 0 Å². The lowest BCUT2D eigenvalue weighted by molar-refractivity contribution is 0.0573. The summed E-state index contributed by atoms with van der Waals surface area (Å²) in [5.41, 5.74) is 0. The van der Waals surface area contributed by atoms with Crippen LogP contribution in [0, 0.1) is 35.5 Å². The van der Waals surface area contributed by atoms with E-state index in [0.717, 1.165) is 48.7 Å². The smallest absolute Gasteiger partial charge is 0.0604 e. The van der Waals surface area contributed by atoms with Gasteiger partial charge in [-0.25, -0.2) is 0 Å². The third kappa shape index (κ3) is 4.10. The van der Waals surface area contributed by atoms with Crippen molar-refractivity contribution in [1.29, 1.82) is 0 Å². The van der Waals surface area contributed by atoms with E-state index < -0.39 is 0 Å². The van der Waals surface area contributed by atoms with Crippen LogP contribution in [0.4, 0.5) is 0 Å². The van der Waals surface area contributed by atoms with Crippen molar-refractivity contribution in [3.8, 4) is 0 Å². The monoisotopic (exact) mass is 375 g/mol. The van der Waals surface area contributed by atoms with Crippen molar-refractivity contribution in [2.45, 2.75) is 64.0 Å². The predicted octanol–water partition coefficient (Wildman–Crippen LogP) is 3.09. The molecule has 0 aromatic rings. The van der Waals surface area contributed by atoms with E-state index in [0.29, 0.717) is 6.17 Å². The Morgan fingerprint density at radius 2 is 1.63 bits per heavy atom. The minimum Gasteiger partial charge on any atom is -0.381 e. The zero-order valence-corrected chi connectivity index (χ0v) is 17.2. The summed E-state index contributed by atoms with van der Waals surface area (Å²) in [7, 11) is 0. The number of rotatable bonds is 4. The van der Waals surface area contributed by atoms with Gasteiger partial charge in [0.15, 0.2) is 0 Å². The second-order valence-corrected chi connectivity index (χ2v) is 10.3. The number of nitrogens with one attached hydrogen (secondary N) is 2. The van der Waals surface area contributed by atoms with Gasteiger partial charge in [-0.3, -0.25) is 0 Å². The Labute approximate surface area is 166 Å². The Balaban J connectivity index is 1.23. The van der Waals surface area contributed by atoms with Crippen LogP contribution in [0.2, 0.25) is 0 Å². The minimum atomic E-state index is 0.580. The summed E-state index contributed by atoms with van der Waals surface area (Å²) in [6.07, 6.45) is 13.6. The second kappa shape index (κ2) is 8.69. The van der Waals surface area contributed by atoms with Gasteiger partial charge in [-0.1, -0.05) is 19.3 Å². The van der Waals surface area contributed by atoms with E-state index in [1.54, 1.807) is 0 Å². The molecule has 4 aliphatic heterocycles. The Bertz CT molecular complexity index is 474. The molecule has 5 fully saturated rings. The van der Waals surface area contributed by atoms with E-state index in [2.05, 4.69) is 15.5 Å². The highest BCUT2D eigenvalue weighted by atomic mass is 16.5. The fourth-order valence-corrected chi connectivity index (χ4v) is 7.35. The molecule has 0 bridgehead atoms. The van der Waals surface area contributed by atoms with Gasteiger partial charge in [-0.2, -0.15) is 0 Å². The maximum atomic E-state index is 5.74. The van der Waals surface area contributed by atoms with Crippen LogP contribution < -0.4 is 10.6 Å². The molecule has 4 heteroatoms. The number of ether oxygens (including phenoxy) is 1. The number of hydrogen-bond donors (Lipinski definition) is 2. The highest BCUT2D eigenvalue weighted by Crippen LogP contribution is 2.44. The first-order chi connectivity index (χ1) is 13.4. The van der Waals surface area contributed by atoms with Crippen molar-refractivity contribution in [1.82, 2.24) is 15.5 Å². The fraction of sp³-hybridized carbons (Fsp3) is 1.00. The quantitative estimate of drug-likeness (QED) is 0.792. The van der Waals surface area contributed by atoms with Crippen molar-refractivity contribution in [2.24, 2.45) is 35.5 Å². The Hall–Kier alpha value is -0.160. The average molecular weight is 376 g/mol. The normalized spacial score (nSPS) is 46.4. The third-order valence-electron chi connectivity index (χ3n) is 8.81. The molecule has 5 aliphatic rings. The van der Waals surface area contributed by atoms with Gasteiger partial charge in [-0.05, 0) is 93.7 Å². The zero-order chi connectivity index (χ0) is 18.1. The van der Waals surface area contributed by atoms with Gasteiger partial charge in [-0.15, -0.1) is 0 Å². The number of hydrogen-bond acceptors (Lipinski definition) is 4. The molecule has 7 unspecified atom stereocenters. The van der Waals surface area contributed by atoms with Gasteiger partial charge in [0.25, 0.3) is 0 Å². The summed E-state index contributed by atoms with van der Waals surface area (Å²) in [4.78, 5) is 2.81. The number of likely N-dealkylation sites (tertiary alicyclic amines) is 1. The molecule has 4 nitrogen and oxygen atoms in total. The molecule has 7 atom stereocenters. The highest BCUT2D eigenvalue weighted by Gasteiger charge is 2.46. The molecular formula is C23H41N3O. The lowest BCUT2D eigenvalue weighted by Gasteiger charge is -2.45. The second-order valence-electron chi connectivity index (χ2n) is 10.3. The first-order valence-corrected chi connectivity index (χ1v) is 12.2. The molecule has 1 saturated carbocycles. The molecule has 0 amide bonds. The van der Waals surface area contributed by atoms with Crippen LogP contribution in [-0.4, -0.2) is 57.0 Å². The molecule has 5 rings (SSSR count). The van der Waals surface area contributed by atoms with Crippen molar-refractivity contribution in [3.63, 3.8) is 0 Å². The molecule has 4 heterocycles. The molecular weight excluding hydrogens is 334 g/mol. The van der Waals surface area contributed by atoms with E-state index in [9.17, 15) is 0 Å². The molecule has 2 N–H and O–H groups in total. The lowest BCUT2D eigenvalue weighted by Crippen LogP contribution is -2.52. The number of nitrogens with zero attached hydrogens (tertiary/aromatic N) is 1. The average Bonchev–Trinajstić information content (AvgIpc) is 3.38. The summed E-state index contributed by atoms with van der Waals surface area (Å²) in [5, 5.41) is 7.75. The Morgan fingerprint density at radius 1 is 0.778 bits per heavy atom. The zero-order valence-electron chi connectivity index (χ0n) is 17.2. The lowest BCUT2D eigenvalue weighted by atomic mass is 9.66. The SMILES string of the molecule is C1CCN(CC2CCCCC2C2CNC3NCC(C4CCOC4)C3C2)CC1. The van der Waals surface area contributed by atoms with Gasteiger partial charge in [0.1, 0.15) is 0 Å². The number of fused-ring (bicyclic) bond motifs is 1. The van der Waals surface area contributed by atoms with E-state index in [1.807, 2.05) is 0 Å². The molecule has 27 heavy (non-hydrogen) atoms. The van der Waals surface area contributed by atoms with Crippen LogP contribution >= 0.6 is 0 Å². The van der Waals surface area contributed by atoms with Crippen LogP contribution in [0.1, 0.15) is 57.8 Å². The highest BCUT2D eigenvalue weighted by molar-refractivity contribution is 4.99. The van der Waals surface area contributed by atoms with E-state index in [1.165, 1.54) is 90.5 Å².